The second kappa shape index (κ2) is 11.6. The number of carbonyl (C=O) groups excluding carboxylic acids is 2. The molecule has 3 aromatic rings. The lowest BCUT2D eigenvalue weighted by Crippen LogP contribution is -2.71. The van der Waals surface area contributed by atoms with E-state index in [2.05, 4.69) is 30.0 Å². The van der Waals surface area contributed by atoms with Crippen LogP contribution in [-0.4, -0.2) is 76.0 Å². The summed E-state index contributed by atoms with van der Waals surface area (Å²) in [5.41, 5.74) is 7.36. The van der Waals surface area contributed by atoms with Gasteiger partial charge >= 0.3 is 5.97 Å². The monoisotopic (exact) mass is 644 g/mol. The third-order valence-electron chi connectivity index (χ3n) is 5.24. The summed E-state index contributed by atoms with van der Waals surface area (Å²) in [5, 5.41) is 24.0. The Morgan fingerprint density at radius 2 is 2.18 bits per heavy atom. The third-order valence-corrected chi connectivity index (χ3v) is 9.60. The summed E-state index contributed by atoms with van der Waals surface area (Å²) in [4.78, 5) is 48.9. The number of hydrogen-bond acceptors (Lipinski definition) is 14. The Morgan fingerprint density at radius 3 is 2.85 bits per heavy atom. The van der Waals surface area contributed by atoms with Crippen molar-refractivity contribution in [1.29, 1.82) is 0 Å². The van der Waals surface area contributed by atoms with E-state index >= 15 is 0 Å². The van der Waals surface area contributed by atoms with Crippen molar-refractivity contribution >= 4 is 98.2 Å². The van der Waals surface area contributed by atoms with E-state index in [1.807, 2.05) is 0 Å². The number of carboxylic acid groups (broad SMARTS) is 1. The summed E-state index contributed by atoms with van der Waals surface area (Å²) < 4.78 is 4.69. The maximum absolute atomic E-state index is 13.2. The van der Waals surface area contributed by atoms with Crippen molar-refractivity contribution in [2.75, 3.05) is 17.2 Å². The lowest BCUT2D eigenvalue weighted by atomic mass is 10.0. The molecule has 2 amide bonds. The Bertz CT molecular complexity index is 1520. The Labute approximate surface area is 246 Å². The van der Waals surface area contributed by atoms with Gasteiger partial charge in [0.05, 0.1) is 5.02 Å². The van der Waals surface area contributed by atoms with Gasteiger partial charge in [-0.15, -0.1) is 22.0 Å². The van der Waals surface area contributed by atoms with Crippen LogP contribution in [0.2, 0.25) is 10.0 Å². The van der Waals surface area contributed by atoms with Gasteiger partial charge in [-0.1, -0.05) is 51.5 Å². The van der Waals surface area contributed by atoms with Crippen molar-refractivity contribution in [2.45, 2.75) is 15.8 Å². The van der Waals surface area contributed by atoms with Crippen LogP contribution < -0.4 is 15.9 Å². The average molecular weight is 646 g/mol. The van der Waals surface area contributed by atoms with E-state index in [1.54, 1.807) is 5.51 Å². The van der Waals surface area contributed by atoms with Gasteiger partial charge in [-0.3, -0.25) is 14.5 Å². The van der Waals surface area contributed by atoms with Gasteiger partial charge in [-0.05, 0) is 23.8 Å². The normalized spacial score (nSPS) is 19.0. The molecule has 1 fully saturated rings. The topological polar surface area (TPSA) is 186 Å². The SMILES string of the molecule is Nc1nc(/C(=N\Oc2ccc(Cl)cc2Cl)C(=O)NC2C(=O)N3C(C(=O)O)=C(CSc4nncs4)CSC23)ns1. The number of thioether (sulfide) groups is 2. The van der Waals surface area contributed by atoms with E-state index in [-0.39, 0.29) is 33.1 Å². The molecule has 202 valence electrons. The molecule has 4 heterocycles. The van der Waals surface area contributed by atoms with E-state index < -0.39 is 29.2 Å². The average Bonchev–Trinajstić information content (AvgIpc) is 3.58. The molecule has 0 aliphatic carbocycles. The van der Waals surface area contributed by atoms with Gasteiger partial charge in [0.1, 0.15) is 22.6 Å². The molecule has 19 heteroatoms. The number of oxime groups is 1. The Kier molecular flexibility index (Phi) is 8.24. The van der Waals surface area contributed by atoms with Crippen LogP contribution in [0, 0.1) is 0 Å². The molecule has 0 radical (unpaired) electrons. The first-order chi connectivity index (χ1) is 18.7. The molecule has 0 bridgehead atoms. The summed E-state index contributed by atoms with van der Waals surface area (Å²) in [6.07, 6.45) is 0. The minimum Gasteiger partial charge on any atom is -0.477 e. The zero-order chi connectivity index (χ0) is 27.7. The molecule has 1 saturated heterocycles. The largest absolute Gasteiger partial charge is 0.477 e. The standard InChI is InChI=1S/C20H14Cl2N8O5S4/c21-8-1-2-10(9(22)3-8)35-28-11(14-26-19(23)39-29-14)15(31)25-12-16(32)30-13(18(33)34)7(4-36-17(12)30)5-37-20-27-24-6-38-20/h1-3,6,12,17H,4-5H2,(H,25,31)(H,33,34)(H2,23,26,29)/b28-11+. The van der Waals surface area contributed by atoms with E-state index in [0.717, 1.165) is 11.5 Å². The van der Waals surface area contributed by atoms with E-state index in [9.17, 15) is 19.5 Å². The van der Waals surface area contributed by atoms with E-state index in [0.29, 0.717) is 26.4 Å². The van der Waals surface area contributed by atoms with Crippen LogP contribution in [0.5, 0.6) is 5.75 Å². The Morgan fingerprint density at radius 1 is 1.36 bits per heavy atom. The van der Waals surface area contributed by atoms with Crippen molar-refractivity contribution in [2.24, 2.45) is 5.16 Å². The van der Waals surface area contributed by atoms with Gasteiger partial charge in [0.2, 0.25) is 11.5 Å². The van der Waals surface area contributed by atoms with Crippen molar-refractivity contribution in [3.63, 3.8) is 0 Å². The van der Waals surface area contributed by atoms with Gasteiger partial charge in [0, 0.05) is 28.1 Å². The molecule has 4 N–H and O–H groups in total. The molecule has 0 saturated carbocycles. The zero-order valence-electron chi connectivity index (χ0n) is 19.1. The lowest BCUT2D eigenvalue weighted by Gasteiger charge is -2.49. The first-order valence-electron chi connectivity index (χ1n) is 10.6. The molecule has 2 unspecified atom stereocenters. The highest BCUT2D eigenvalue weighted by Crippen LogP contribution is 2.41. The first-order valence-corrected chi connectivity index (χ1v) is 15.1. The summed E-state index contributed by atoms with van der Waals surface area (Å²) >= 11 is 16.9. The fraction of sp³-hybridized carbons (Fsp3) is 0.200. The van der Waals surface area contributed by atoms with Crippen molar-refractivity contribution in [3.8, 4) is 5.75 Å². The van der Waals surface area contributed by atoms with Gasteiger partial charge in [0.25, 0.3) is 11.8 Å². The minimum absolute atomic E-state index is 0.0823. The van der Waals surface area contributed by atoms with Gasteiger partial charge < -0.3 is 21.0 Å². The number of aromatic nitrogens is 4. The number of halogens is 2. The van der Waals surface area contributed by atoms with Crippen molar-refractivity contribution < 1.29 is 24.3 Å². The molecule has 5 rings (SSSR count). The van der Waals surface area contributed by atoms with Crippen LogP contribution in [0.1, 0.15) is 5.82 Å². The highest BCUT2D eigenvalue weighted by molar-refractivity contribution is 8.01. The van der Waals surface area contributed by atoms with Crippen LogP contribution in [-0.2, 0) is 14.4 Å². The summed E-state index contributed by atoms with van der Waals surface area (Å²) in [6.45, 7) is 0. The first kappa shape index (κ1) is 27.6. The van der Waals surface area contributed by atoms with E-state index in [1.165, 1.54) is 58.0 Å². The molecule has 2 atom stereocenters. The molecular formula is C20H14Cl2N8O5S4. The van der Waals surface area contributed by atoms with Gasteiger partial charge in [-0.2, -0.15) is 9.36 Å². The van der Waals surface area contributed by atoms with E-state index in [4.69, 9.17) is 33.8 Å². The Balaban J connectivity index is 1.34. The Hall–Kier alpha value is -2.96. The number of amides is 2. The number of fused-ring (bicyclic) bond motifs is 1. The second-order valence-corrected chi connectivity index (χ2v) is 12.5. The van der Waals surface area contributed by atoms with Crippen molar-refractivity contribution in [3.05, 3.63) is 50.8 Å². The molecule has 0 spiro atoms. The number of rotatable bonds is 9. The van der Waals surface area contributed by atoms with Crippen molar-refractivity contribution in [1.82, 2.24) is 29.8 Å². The summed E-state index contributed by atoms with van der Waals surface area (Å²) in [5.74, 6) is -1.98. The van der Waals surface area contributed by atoms with Crippen LogP contribution in [0.25, 0.3) is 0 Å². The molecule has 2 aliphatic heterocycles. The number of β-lactam (4-membered cyclic amide) rings is 1. The fourth-order valence-corrected chi connectivity index (χ4v) is 7.39. The molecular weight excluding hydrogens is 631 g/mol. The van der Waals surface area contributed by atoms with Crippen LogP contribution in [0.15, 0.2) is 44.5 Å². The summed E-state index contributed by atoms with van der Waals surface area (Å²) in [7, 11) is 0. The molecule has 1 aromatic carbocycles. The van der Waals surface area contributed by atoms with Gasteiger partial charge in [-0.25, -0.2) is 4.79 Å². The quantitative estimate of drug-likeness (QED) is 0.134. The molecule has 13 nitrogen and oxygen atoms in total. The number of nitrogen functional groups attached to an aromatic ring is 1. The minimum atomic E-state index is -1.23. The van der Waals surface area contributed by atoms with Crippen LogP contribution in [0.4, 0.5) is 5.13 Å². The second-order valence-electron chi connectivity index (χ2n) is 7.67. The number of benzene rings is 1. The van der Waals surface area contributed by atoms with Gasteiger partial charge in [0.15, 0.2) is 15.2 Å². The lowest BCUT2D eigenvalue weighted by molar-refractivity contribution is -0.150. The molecule has 2 aliphatic rings. The number of nitrogens with two attached hydrogens (primary N) is 1. The summed E-state index contributed by atoms with van der Waals surface area (Å²) in [6, 6.07) is 3.39. The number of carbonyl (C=O) groups is 3. The number of hydrogen-bond donors (Lipinski definition) is 3. The number of nitrogens with zero attached hydrogens (tertiary/aromatic N) is 6. The molecule has 2 aromatic heterocycles. The predicted molar refractivity (Wildman–Crippen MR) is 148 cm³/mol. The molecule has 39 heavy (non-hydrogen) atoms. The number of nitrogens with one attached hydrogen (secondary N) is 1. The highest BCUT2D eigenvalue weighted by Gasteiger charge is 2.54. The highest BCUT2D eigenvalue weighted by atomic mass is 35.5. The third kappa shape index (κ3) is 5.82. The predicted octanol–water partition coefficient (Wildman–Crippen LogP) is 2.59. The van der Waals surface area contributed by atoms with Crippen LogP contribution in [0.3, 0.4) is 0 Å². The number of anilines is 1. The van der Waals surface area contributed by atoms with Crippen LogP contribution >= 0.6 is 69.6 Å². The maximum Gasteiger partial charge on any atom is 0.352 e. The maximum atomic E-state index is 13.2. The zero-order valence-corrected chi connectivity index (χ0v) is 23.9. The number of carboxylic acids is 1. The smallest absolute Gasteiger partial charge is 0.352 e. The number of aliphatic carboxylic acids is 1. The fourth-order valence-electron chi connectivity index (χ4n) is 3.54.